The van der Waals surface area contributed by atoms with E-state index in [1.165, 1.54) is 4.90 Å². The lowest BCUT2D eigenvalue weighted by atomic mass is 9.85. The van der Waals surface area contributed by atoms with E-state index in [1.54, 1.807) is 24.3 Å². The maximum atomic E-state index is 12.5. The maximum Gasteiger partial charge on any atom is 0.233 e. The molecule has 0 unspecified atom stereocenters. The highest BCUT2D eigenvalue weighted by Crippen LogP contribution is 2.35. The van der Waals surface area contributed by atoms with Crippen LogP contribution in [0.25, 0.3) is 0 Å². The molecule has 1 N–H and O–H groups in total. The molecular weight excluding hydrogens is 380 g/mol. The minimum atomic E-state index is -0.258. The molecule has 4 rings (SSSR count). The predicted octanol–water partition coefficient (Wildman–Crippen LogP) is 4.07. The second kappa shape index (κ2) is 8.53. The molecule has 1 fully saturated rings. The molecule has 2 aliphatic rings. The summed E-state index contributed by atoms with van der Waals surface area (Å²) < 4.78 is 5.80. The van der Waals surface area contributed by atoms with Gasteiger partial charge in [0.15, 0.2) is 0 Å². The highest BCUT2D eigenvalue weighted by Gasteiger charge is 2.46. The molecule has 1 saturated heterocycles. The highest BCUT2D eigenvalue weighted by molar-refractivity contribution is 6.05. The molecule has 1 heterocycles. The number of ether oxygens (including phenoxy) is 1. The second-order valence-electron chi connectivity index (χ2n) is 7.73. The van der Waals surface area contributed by atoms with Crippen molar-refractivity contribution in [3.05, 3.63) is 66.2 Å². The molecule has 6 heteroatoms. The normalized spacial score (nSPS) is 20.2. The molecule has 0 aromatic heterocycles. The molecule has 0 radical (unpaired) electrons. The van der Waals surface area contributed by atoms with Crippen molar-refractivity contribution in [3.8, 4) is 11.5 Å². The first-order chi connectivity index (χ1) is 14.5. The van der Waals surface area contributed by atoms with Gasteiger partial charge in [-0.2, -0.15) is 0 Å². The van der Waals surface area contributed by atoms with Crippen LogP contribution in [0.1, 0.15) is 24.8 Å². The lowest BCUT2D eigenvalue weighted by molar-refractivity contribution is -0.140. The summed E-state index contributed by atoms with van der Waals surface area (Å²) in [4.78, 5) is 38.5. The van der Waals surface area contributed by atoms with Gasteiger partial charge >= 0.3 is 0 Å². The van der Waals surface area contributed by atoms with Gasteiger partial charge in [0, 0.05) is 18.7 Å². The van der Waals surface area contributed by atoms with E-state index in [-0.39, 0.29) is 42.5 Å². The number of hydrogen-bond donors (Lipinski definition) is 1. The van der Waals surface area contributed by atoms with Crippen molar-refractivity contribution in [1.82, 2.24) is 4.90 Å². The van der Waals surface area contributed by atoms with Crippen molar-refractivity contribution in [2.24, 2.45) is 11.8 Å². The number of imide groups is 1. The molecule has 6 nitrogen and oxygen atoms in total. The number of fused-ring (bicyclic) bond motifs is 1. The average molecular weight is 404 g/mol. The fraction of sp³-hybridized carbons (Fsp3) is 0.292. The van der Waals surface area contributed by atoms with Crippen molar-refractivity contribution in [2.75, 3.05) is 11.9 Å². The third kappa shape index (κ3) is 4.27. The van der Waals surface area contributed by atoms with Crippen LogP contribution in [0.4, 0.5) is 5.69 Å². The lowest BCUT2D eigenvalue weighted by Crippen LogP contribution is -2.34. The van der Waals surface area contributed by atoms with Gasteiger partial charge in [-0.15, -0.1) is 0 Å². The topological polar surface area (TPSA) is 75.7 Å². The van der Waals surface area contributed by atoms with E-state index < -0.39 is 0 Å². The van der Waals surface area contributed by atoms with Crippen LogP contribution in [0.15, 0.2) is 60.7 Å². The van der Waals surface area contributed by atoms with E-state index >= 15 is 0 Å². The Balaban J connectivity index is 1.29. The summed E-state index contributed by atoms with van der Waals surface area (Å²) in [5.41, 5.74) is 1.75. The monoisotopic (exact) mass is 404 g/mol. The van der Waals surface area contributed by atoms with Crippen LogP contribution in [-0.2, 0) is 14.4 Å². The van der Waals surface area contributed by atoms with Gasteiger partial charge in [-0.1, -0.05) is 24.3 Å². The summed E-state index contributed by atoms with van der Waals surface area (Å²) in [5, 5.41) is 2.80. The number of carbonyl (C=O) groups excluding carboxylic acids is 3. The van der Waals surface area contributed by atoms with Gasteiger partial charge in [0.2, 0.25) is 17.7 Å². The molecule has 0 spiro atoms. The number of nitrogens with zero attached hydrogens (tertiary/aromatic N) is 1. The van der Waals surface area contributed by atoms with Crippen LogP contribution < -0.4 is 10.1 Å². The third-order valence-electron chi connectivity index (χ3n) is 5.52. The quantitative estimate of drug-likeness (QED) is 0.582. The number of allylic oxidation sites excluding steroid dienone is 2. The molecule has 0 saturated carbocycles. The molecular formula is C24H24N2O4. The van der Waals surface area contributed by atoms with Crippen LogP contribution in [0.2, 0.25) is 0 Å². The van der Waals surface area contributed by atoms with Crippen LogP contribution in [0.5, 0.6) is 11.5 Å². The van der Waals surface area contributed by atoms with E-state index in [2.05, 4.69) is 5.32 Å². The van der Waals surface area contributed by atoms with Crippen LogP contribution >= 0.6 is 0 Å². The second-order valence-corrected chi connectivity index (χ2v) is 7.73. The van der Waals surface area contributed by atoms with Crippen LogP contribution in [0.3, 0.4) is 0 Å². The molecule has 2 aromatic rings. The van der Waals surface area contributed by atoms with E-state index in [0.29, 0.717) is 24.3 Å². The molecule has 154 valence electrons. The molecule has 1 aliphatic heterocycles. The minimum absolute atomic E-state index is 0.0753. The summed E-state index contributed by atoms with van der Waals surface area (Å²) in [6, 6.07) is 14.8. The van der Waals surface area contributed by atoms with Gasteiger partial charge in [-0.25, -0.2) is 0 Å². The number of anilines is 1. The van der Waals surface area contributed by atoms with Gasteiger partial charge in [-0.05, 0) is 61.7 Å². The van der Waals surface area contributed by atoms with Crippen molar-refractivity contribution >= 4 is 23.4 Å². The van der Waals surface area contributed by atoms with E-state index in [9.17, 15) is 14.4 Å². The Morgan fingerprint density at radius 1 is 1.00 bits per heavy atom. The Hall–Kier alpha value is -3.41. The van der Waals surface area contributed by atoms with Gasteiger partial charge in [-0.3, -0.25) is 19.3 Å². The fourth-order valence-electron chi connectivity index (χ4n) is 3.95. The van der Waals surface area contributed by atoms with Gasteiger partial charge in [0.05, 0.1) is 11.8 Å². The number of carbonyl (C=O) groups is 3. The maximum absolute atomic E-state index is 12.5. The SMILES string of the molecule is Cc1cccc(Oc2ccc(NC(=O)CCN3C(=O)[C@H]4CC=CC[C@H]4C3=O)cc2)c1. The third-order valence-corrected chi connectivity index (χ3v) is 5.52. The summed E-state index contributed by atoms with van der Waals surface area (Å²) in [6.07, 6.45) is 5.19. The molecule has 30 heavy (non-hydrogen) atoms. The highest BCUT2D eigenvalue weighted by atomic mass is 16.5. The largest absolute Gasteiger partial charge is 0.457 e. The first-order valence-electron chi connectivity index (χ1n) is 10.2. The predicted molar refractivity (Wildman–Crippen MR) is 113 cm³/mol. The summed E-state index contributed by atoms with van der Waals surface area (Å²) in [5.74, 6) is 0.360. The number of likely N-dealkylation sites (tertiary alicyclic amines) is 1. The molecule has 2 aromatic carbocycles. The molecule has 1 aliphatic carbocycles. The molecule has 2 atom stereocenters. The average Bonchev–Trinajstić information content (AvgIpc) is 2.98. The number of nitrogens with one attached hydrogen (secondary N) is 1. The number of amides is 3. The van der Waals surface area contributed by atoms with Gasteiger partial charge in [0.25, 0.3) is 0 Å². The van der Waals surface area contributed by atoms with Crippen LogP contribution in [0, 0.1) is 18.8 Å². The van der Waals surface area contributed by atoms with E-state index in [0.717, 1.165) is 11.3 Å². The molecule has 3 amide bonds. The Morgan fingerprint density at radius 3 is 2.30 bits per heavy atom. The number of benzene rings is 2. The van der Waals surface area contributed by atoms with Gasteiger partial charge < -0.3 is 10.1 Å². The Labute approximate surface area is 175 Å². The Kier molecular flexibility index (Phi) is 5.65. The Morgan fingerprint density at radius 2 is 1.67 bits per heavy atom. The smallest absolute Gasteiger partial charge is 0.233 e. The summed E-state index contributed by atoms with van der Waals surface area (Å²) in [7, 11) is 0. The number of rotatable bonds is 6. The van der Waals surface area contributed by atoms with Crippen molar-refractivity contribution in [1.29, 1.82) is 0 Å². The summed E-state index contributed by atoms with van der Waals surface area (Å²) >= 11 is 0. The fourth-order valence-corrected chi connectivity index (χ4v) is 3.95. The number of aryl methyl sites for hydroxylation is 1. The van der Waals surface area contributed by atoms with Crippen molar-refractivity contribution < 1.29 is 19.1 Å². The summed E-state index contributed by atoms with van der Waals surface area (Å²) in [6.45, 7) is 2.12. The minimum Gasteiger partial charge on any atom is -0.457 e. The van der Waals surface area contributed by atoms with Crippen LogP contribution in [-0.4, -0.2) is 29.2 Å². The number of hydrogen-bond acceptors (Lipinski definition) is 4. The standard InChI is InChI=1S/C24H24N2O4/c1-16-5-4-6-19(15-16)30-18-11-9-17(10-12-18)25-22(27)13-14-26-23(28)20-7-2-3-8-21(20)24(26)29/h2-6,9-12,15,20-21H,7-8,13-14H2,1H3,(H,25,27)/t20-,21+. The first kappa shape index (κ1) is 19.9. The zero-order chi connectivity index (χ0) is 21.1. The van der Waals surface area contributed by atoms with E-state index in [1.807, 2.05) is 43.3 Å². The van der Waals surface area contributed by atoms with Gasteiger partial charge in [0.1, 0.15) is 11.5 Å². The van der Waals surface area contributed by atoms with Crippen molar-refractivity contribution in [3.63, 3.8) is 0 Å². The first-order valence-corrected chi connectivity index (χ1v) is 10.2. The zero-order valence-corrected chi connectivity index (χ0v) is 16.8. The lowest BCUT2D eigenvalue weighted by Gasteiger charge is -2.14. The van der Waals surface area contributed by atoms with E-state index in [4.69, 9.17) is 4.74 Å². The van der Waals surface area contributed by atoms with Crippen molar-refractivity contribution in [2.45, 2.75) is 26.2 Å². The molecule has 0 bridgehead atoms. The Bertz CT molecular complexity index is 971. The zero-order valence-electron chi connectivity index (χ0n) is 16.8.